The molecule has 0 aromatic heterocycles. The summed E-state index contributed by atoms with van der Waals surface area (Å²) >= 11 is 0. The summed E-state index contributed by atoms with van der Waals surface area (Å²) in [6.45, 7) is 5.58. The van der Waals surface area contributed by atoms with Gasteiger partial charge < -0.3 is 15.2 Å². The maximum Gasteiger partial charge on any atom is 0.0700 e. The van der Waals surface area contributed by atoms with Crippen molar-refractivity contribution in [1.29, 1.82) is 0 Å². The standard InChI is InChI=1S/C7H17NO2/c1-2-9-6-7-10-5-3-4-8/h2-8H2,1H3. The lowest BCUT2D eigenvalue weighted by atomic mass is 10.5. The van der Waals surface area contributed by atoms with E-state index < -0.39 is 0 Å². The van der Waals surface area contributed by atoms with Crippen LogP contribution in [0.15, 0.2) is 0 Å². The Morgan fingerprint density at radius 1 is 1.10 bits per heavy atom. The number of ether oxygens (including phenoxy) is 2. The second-order valence-electron chi connectivity index (χ2n) is 1.95. The Morgan fingerprint density at radius 3 is 2.40 bits per heavy atom. The van der Waals surface area contributed by atoms with Crippen LogP contribution in [0.3, 0.4) is 0 Å². The zero-order chi connectivity index (χ0) is 7.66. The van der Waals surface area contributed by atoms with E-state index in [2.05, 4.69) is 0 Å². The van der Waals surface area contributed by atoms with Crippen molar-refractivity contribution >= 4 is 0 Å². The molecule has 0 aromatic rings. The van der Waals surface area contributed by atoms with Gasteiger partial charge in [-0.2, -0.15) is 0 Å². The molecule has 0 saturated heterocycles. The van der Waals surface area contributed by atoms with Crippen LogP contribution in [0, 0.1) is 0 Å². The van der Waals surface area contributed by atoms with Gasteiger partial charge in [0.1, 0.15) is 0 Å². The second-order valence-corrected chi connectivity index (χ2v) is 1.95. The predicted octanol–water partition coefficient (Wildman–Crippen LogP) is 0.388. The molecule has 3 nitrogen and oxygen atoms in total. The highest BCUT2D eigenvalue weighted by atomic mass is 16.5. The van der Waals surface area contributed by atoms with E-state index in [0.717, 1.165) is 19.6 Å². The van der Waals surface area contributed by atoms with Crippen LogP contribution < -0.4 is 5.73 Å². The van der Waals surface area contributed by atoms with Gasteiger partial charge in [-0.05, 0) is 19.9 Å². The summed E-state index contributed by atoms with van der Waals surface area (Å²) < 4.78 is 10.2. The quantitative estimate of drug-likeness (QED) is 0.530. The normalized spacial score (nSPS) is 10.2. The number of nitrogens with two attached hydrogens (primary N) is 1. The number of hydrogen-bond donors (Lipinski definition) is 1. The monoisotopic (exact) mass is 147 g/mol. The summed E-state index contributed by atoms with van der Waals surface area (Å²) in [5.74, 6) is 0. The van der Waals surface area contributed by atoms with E-state index in [4.69, 9.17) is 15.2 Å². The summed E-state index contributed by atoms with van der Waals surface area (Å²) in [7, 11) is 0. The molecule has 0 amide bonds. The van der Waals surface area contributed by atoms with Gasteiger partial charge in [0.15, 0.2) is 0 Å². The molecule has 0 radical (unpaired) electrons. The van der Waals surface area contributed by atoms with Gasteiger partial charge in [-0.1, -0.05) is 0 Å². The van der Waals surface area contributed by atoms with E-state index in [1.54, 1.807) is 0 Å². The van der Waals surface area contributed by atoms with Crippen LogP contribution >= 0.6 is 0 Å². The molecule has 2 N–H and O–H groups in total. The van der Waals surface area contributed by atoms with Gasteiger partial charge >= 0.3 is 0 Å². The Bertz CT molecular complexity index is 51.6. The van der Waals surface area contributed by atoms with Crippen LogP contribution in [-0.2, 0) is 9.47 Å². The van der Waals surface area contributed by atoms with Crippen molar-refractivity contribution < 1.29 is 9.47 Å². The summed E-state index contributed by atoms with van der Waals surface area (Å²) in [4.78, 5) is 0. The Kier molecular flexibility index (Phi) is 8.77. The zero-order valence-corrected chi connectivity index (χ0v) is 6.64. The fraction of sp³-hybridized carbons (Fsp3) is 1.00. The molecule has 10 heavy (non-hydrogen) atoms. The highest BCUT2D eigenvalue weighted by molar-refractivity contribution is 4.35. The number of hydrogen-bond acceptors (Lipinski definition) is 3. The summed E-state index contributed by atoms with van der Waals surface area (Å²) in [5, 5.41) is 0. The van der Waals surface area contributed by atoms with E-state index in [0.29, 0.717) is 19.8 Å². The van der Waals surface area contributed by atoms with Crippen LogP contribution in [0.4, 0.5) is 0 Å². The molecule has 0 rings (SSSR count). The molecule has 0 heterocycles. The Hall–Kier alpha value is -0.120. The Morgan fingerprint density at radius 2 is 1.80 bits per heavy atom. The molecule has 0 fully saturated rings. The topological polar surface area (TPSA) is 44.5 Å². The molecule has 3 heteroatoms. The van der Waals surface area contributed by atoms with E-state index in [9.17, 15) is 0 Å². The Labute approximate surface area is 62.5 Å². The molecule has 0 aliphatic heterocycles. The third kappa shape index (κ3) is 7.88. The third-order valence-corrected chi connectivity index (χ3v) is 1.07. The first-order valence-electron chi connectivity index (χ1n) is 3.77. The van der Waals surface area contributed by atoms with Gasteiger partial charge in [-0.25, -0.2) is 0 Å². The molecular weight excluding hydrogens is 130 g/mol. The average molecular weight is 147 g/mol. The first kappa shape index (κ1) is 9.88. The first-order chi connectivity index (χ1) is 4.91. The molecular formula is C7H17NO2. The van der Waals surface area contributed by atoms with Crippen LogP contribution in [0.25, 0.3) is 0 Å². The Balaban J connectivity index is 2.65. The molecule has 0 saturated carbocycles. The van der Waals surface area contributed by atoms with Crippen molar-refractivity contribution in [3.8, 4) is 0 Å². The van der Waals surface area contributed by atoms with E-state index in [1.807, 2.05) is 6.92 Å². The van der Waals surface area contributed by atoms with Crippen molar-refractivity contribution in [2.24, 2.45) is 5.73 Å². The molecule has 0 spiro atoms. The van der Waals surface area contributed by atoms with Gasteiger partial charge in [0.2, 0.25) is 0 Å². The van der Waals surface area contributed by atoms with Crippen molar-refractivity contribution in [1.82, 2.24) is 0 Å². The maximum atomic E-state index is 5.26. The van der Waals surface area contributed by atoms with Crippen LogP contribution in [0.5, 0.6) is 0 Å². The van der Waals surface area contributed by atoms with Crippen molar-refractivity contribution in [3.63, 3.8) is 0 Å². The molecule has 0 unspecified atom stereocenters. The summed E-state index contributed by atoms with van der Waals surface area (Å²) in [6, 6.07) is 0. The van der Waals surface area contributed by atoms with Gasteiger partial charge in [0, 0.05) is 13.2 Å². The largest absolute Gasteiger partial charge is 0.379 e. The molecule has 0 bridgehead atoms. The molecule has 0 aliphatic carbocycles. The molecule has 0 atom stereocenters. The number of rotatable bonds is 7. The summed E-state index contributed by atoms with van der Waals surface area (Å²) in [5.41, 5.74) is 5.26. The minimum absolute atomic E-state index is 0.688. The van der Waals surface area contributed by atoms with Crippen molar-refractivity contribution in [2.45, 2.75) is 13.3 Å². The fourth-order valence-corrected chi connectivity index (χ4v) is 0.550. The highest BCUT2D eigenvalue weighted by Gasteiger charge is 1.86. The SMILES string of the molecule is CCOCCOCCCN. The lowest BCUT2D eigenvalue weighted by Crippen LogP contribution is -2.08. The fourth-order valence-electron chi connectivity index (χ4n) is 0.550. The van der Waals surface area contributed by atoms with Gasteiger partial charge in [0.05, 0.1) is 13.2 Å². The zero-order valence-electron chi connectivity index (χ0n) is 6.64. The van der Waals surface area contributed by atoms with Crippen LogP contribution in [0.1, 0.15) is 13.3 Å². The lowest BCUT2D eigenvalue weighted by Gasteiger charge is -2.02. The van der Waals surface area contributed by atoms with Crippen LogP contribution in [-0.4, -0.2) is 33.0 Å². The maximum absolute atomic E-state index is 5.26. The van der Waals surface area contributed by atoms with Crippen molar-refractivity contribution in [2.75, 3.05) is 33.0 Å². The lowest BCUT2D eigenvalue weighted by molar-refractivity contribution is 0.0525. The second kappa shape index (κ2) is 8.88. The van der Waals surface area contributed by atoms with Gasteiger partial charge in [-0.3, -0.25) is 0 Å². The molecule has 62 valence electrons. The van der Waals surface area contributed by atoms with Crippen LogP contribution in [0.2, 0.25) is 0 Å². The third-order valence-electron chi connectivity index (χ3n) is 1.07. The minimum atomic E-state index is 0.688. The predicted molar refractivity (Wildman–Crippen MR) is 41.0 cm³/mol. The van der Waals surface area contributed by atoms with E-state index >= 15 is 0 Å². The van der Waals surface area contributed by atoms with Gasteiger partial charge in [-0.15, -0.1) is 0 Å². The molecule has 0 aromatic carbocycles. The summed E-state index contributed by atoms with van der Waals surface area (Å²) in [6.07, 6.45) is 0.937. The smallest absolute Gasteiger partial charge is 0.0700 e. The minimum Gasteiger partial charge on any atom is -0.379 e. The van der Waals surface area contributed by atoms with E-state index in [1.165, 1.54) is 0 Å². The highest BCUT2D eigenvalue weighted by Crippen LogP contribution is 1.80. The van der Waals surface area contributed by atoms with E-state index in [-0.39, 0.29) is 0 Å². The van der Waals surface area contributed by atoms with Gasteiger partial charge in [0.25, 0.3) is 0 Å². The van der Waals surface area contributed by atoms with Crippen molar-refractivity contribution in [3.05, 3.63) is 0 Å². The molecule has 0 aliphatic rings. The average Bonchev–Trinajstić information content (AvgIpc) is 1.97. The first-order valence-corrected chi connectivity index (χ1v) is 3.77.